The zero-order valence-corrected chi connectivity index (χ0v) is 27.7. The smallest absolute Gasteiger partial charge is 0.177 e. The van der Waals surface area contributed by atoms with Crippen LogP contribution >= 0.6 is 0 Å². The van der Waals surface area contributed by atoms with Gasteiger partial charge in [0.2, 0.25) is 0 Å². The molecule has 1 aliphatic heterocycles. The molecule has 9 aromatic rings. The van der Waals surface area contributed by atoms with Crippen LogP contribution in [0.4, 0.5) is 17.1 Å². The zero-order chi connectivity index (χ0) is 33.7. The van der Waals surface area contributed by atoms with Gasteiger partial charge in [-0.2, -0.15) is 0 Å². The van der Waals surface area contributed by atoms with Crippen LogP contribution < -0.4 is 14.4 Å². The summed E-state index contributed by atoms with van der Waals surface area (Å²) in [5, 5.41) is 7.08. The number of hydrogen-bond acceptors (Lipinski definition) is 3. The molecule has 0 saturated heterocycles. The molecular formula is C48H31NO2. The van der Waals surface area contributed by atoms with E-state index in [0.29, 0.717) is 11.5 Å². The highest BCUT2D eigenvalue weighted by Crippen LogP contribution is 2.52. The largest absolute Gasteiger partial charge is 0.453 e. The van der Waals surface area contributed by atoms with Crippen LogP contribution in [0.1, 0.15) is 0 Å². The van der Waals surface area contributed by atoms with E-state index in [-0.39, 0.29) is 0 Å². The second-order valence-electron chi connectivity index (χ2n) is 12.9. The van der Waals surface area contributed by atoms with Gasteiger partial charge in [0.1, 0.15) is 11.5 Å². The first-order chi connectivity index (χ1) is 25.3. The Kier molecular flexibility index (Phi) is 6.81. The first kappa shape index (κ1) is 29.1. The summed E-state index contributed by atoms with van der Waals surface area (Å²) in [6, 6.07) is 66.1. The van der Waals surface area contributed by atoms with Gasteiger partial charge in [-0.25, -0.2) is 0 Å². The second-order valence-corrected chi connectivity index (χ2v) is 12.9. The van der Waals surface area contributed by atoms with E-state index >= 15 is 0 Å². The number of benzene rings is 9. The van der Waals surface area contributed by atoms with Crippen molar-refractivity contribution in [1.82, 2.24) is 0 Å². The van der Waals surface area contributed by atoms with Crippen LogP contribution in [-0.2, 0) is 0 Å². The molecule has 0 saturated carbocycles. The Morgan fingerprint density at radius 3 is 1.76 bits per heavy atom. The van der Waals surface area contributed by atoms with Crippen molar-refractivity contribution in [3.05, 3.63) is 188 Å². The predicted molar refractivity (Wildman–Crippen MR) is 211 cm³/mol. The van der Waals surface area contributed by atoms with Crippen LogP contribution in [0.25, 0.3) is 54.6 Å². The molecule has 0 amide bonds. The maximum Gasteiger partial charge on any atom is 0.177 e. The summed E-state index contributed by atoms with van der Waals surface area (Å²) in [7, 11) is 0. The maximum atomic E-state index is 6.79. The van der Waals surface area contributed by atoms with E-state index in [2.05, 4.69) is 157 Å². The van der Waals surface area contributed by atoms with Crippen LogP contribution in [0.15, 0.2) is 188 Å². The van der Waals surface area contributed by atoms with Gasteiger partial charge in [-0.3, -0.25) is 0 Å². The number of para-hydroxylation sites is 3. The van der Waals surface area contributed by atoms with Crippen LogP contribution in [0, 0.1) is 0 Å². The summed E-state index contributed by atoms with van der Waals surface area (Å²) in [6.45, 7) is 0. The molecule has 0 unspecified atom stereocenters. The minimum atomic E-state index is 0.684. The van der Waals surface area contributed by atoms with E-state index in [1.54, 1.807) is 0 Å². The highest BCUT2D eigenvalue weighted by Gasteiger charge is 2.25. The Balaban J connectivity index is 1.12. The summed E-state index contributed by atoms with van der Waals surface area (Å²) in [4.78, 5) is 2.32. The van der Waals surface area contributed by atoms with Gasteiger partial charge in [-0.1, -0.05) is 133 Å². The Hall–Kier alpha value is -6.84. The molecule has 0 bridgehead atoms. The molecule has 1 aliphatic rings. The fourth-order valence-corrected chi connectivity index (χ4v) is 7.57. The lowest BCUT2D eigenvalue weighted by Crippen LogP contribution is -2.11. The van der Waals surface area contributed by atoms with E-state index in [4.69, 9.17) is 9.47 Å². The number of rotatable bonds is 5. The zero-order valence-electron chi connectivity index (χ0n) is 27.7. The standard InChI is InChI=1S/C48H31NO2/c1-2-16-35(17-3-1)49(36-29-27-32(28-30-36)42-31-34-13-4-5-18-37(34)38-19-6-7-20-39(38)42)43-23-9-8-21-40(43)41-22-12-26-46-48(41)51-45-25-11-15-33-14-10-24-44(50-46)47(33)45/h1-31H. The van der Waals surface area contributed by atoms with Gasteiger partial charge >= 0.3 is 0 Å². The van der Waals surface area contributed by atoms with Crippen LogP contribution in [-0.4, -0.2) is 0 Å². The van der Waals surface area contributed by atoms with Gasteiger partial charge < -0.3 is 14.4 Å². The van der Waals surface area contributed by atoms with E-state index in [0.717, 1.165) is 50.5 Å². The van der Waals surface area contributed by atoms with Gasteiger partial charge in [-0.05, 0) is 92.7 Å². The Labute approximate surface area is 296 Å². The molecule has 0 aliphatic carbocycles. The molecule has 3 nitrogen and oxygen atoms in total. The molecule has 0 radical (unpaired) electrons. The Morgan fingerprint density at radius 1 is 0.353 bits per heavy atom. The van der Waals surface area contributed by atoms with Crippen molar-refractivity contribution in [2.24, 2.45) is 0 Å². The van der Waals surface area contributed by atoms with Gasteiger partial charge in [0.15, 0.2) is 11.5 Å². The third-order valence-electron chi connectivity index (χ3n) is 9.89. The number of anilines is 3. The van der Waals surface area contributed by atoms with Crippen molar-refractivity contribution in [3.63, 3.8) is 0 Å². The number of fused-ring (bicyclic) bond motifs is 4. The topological polar surface area (TPSA) is 21.7 Å². The summed E-state index contributed by atoms with van der Waals surface area (Å²) >= 11 is 0. The van der Waals surface area contributed by atoms with Gasteiger partial charge in [-0.15, -0.1) is 0 Å². The lowest BCUT2D eigenvalue weighted by Gasteiger charge is -2.28. The summed E-state index contributed by atoms with van der Waals surface area (Å²) in [6.07, 6.45) is 0. The summed E-state index contributed by atoms with van der Waals surface area (Å²) < 4.78 is 13.4. The van der Waals surface area contributed by atoms with Gasteiger partial charge in [0.25, 0.3) is 0 Å². The molecular weight excluding hydrogens is 623 g/mol. The third kappa shape index (κ3) is 4.90. The molecule has 0 atom stereocenters. The molecule has 1 heterocycles. The second kappa shape index (κ2) is 11.9. The number of nitrogens with zero attached hydrogens (tertiary/aromatic N) is 1. The summed E-state index contributed by atoms with van der Waals surface area (Å²) in [5.41, 5.74) is 7.53. The molecule has 0 fully saturated rings. The van der Waals surface area contributed by atoms with E-state index in [1.807, 2.05) is 36.4 Å². The first-order valence-corrected chi connectivity index (χ1v) is 17.3. The lowest BCUT2D eigenvalue weighted by atomic mass is 9.93. The maximum absolute atomic E-state index is 6.79. The SMILES string of the molecule is c1ccc(N(c2ccc(-c3cc4ccccc4c4ccccc34)cc2)c2ccccc2-c2cccc3c2Oc2cccc4cccc(c24)O3)cc1. The minimum absolute atomic E-state index is 0.684. The van der Waals surface area contributed by atoms with Gasteiger partial charge in [0.05, 0.1) is 11.1 Å². The number of hydrogen-bond donors (Lipinski definition) is 0. The summed E-state index contributed by atoms with van der Waals surface area (Å²) in [5.74, 6) is 2.95. The van der Waals surface area contributed by atoms with Gasteiger partial charge in [0, 0.05) is 22.5 Å². The number of ether oxygens (including phenoxy) is 2. The Bertz CT molecular complexity index is 2750. The molecule has 0 N–H and O–H groups in total. The van der Waals surface area contributed by atoms with Crippen LogP contribution in [0.5, 0.6) is 23.0 Å². The average molecular weight is 654 g/mol. The minimum Gasteiger partial charge on any atom is -0.453 e. The van der Waals surface area contributed by atoms with E-state index < -0.39 is 0 Å². The third-order valence-corrected chi connectivity index (χ3v) is 9.89. The molecule has 0 aromatic heterocycles. The average Bonchev–Trinajstić information content (AvgIpc) is 3.36. The monoisotopic (exact) mass is 653 g/mol. The Morgan fingerprint density at radius 2 is 0.941 bits per heavy atom. The fourth-order valence-electron chi connectivity index (χ4n) is 7.57. The van der Waals surface area contributed by atoms with E-state index in [9.17, 15) is 0 Å². The van der Waals surface area contributed by atoms with Crippen molar-refractivity contribution in [3.8, 4) is 45.3 Å². The highest BCUT2D eigenvalue weighted by atomic mass is 16.5. The van der Waals surface area contributed by atoms with Crippen LogP contribution in [0.3, 0.4) is 0 Å². The molecule has 10 rings (SSSR count). The lowest BCUT2D eigenvalue weighted by molar-refractivity contribution is 0.441. The van der Waals surface area contributed by atoms with Crippen molar-refractivity contribution in [2.75, 3.05) is 4.90 Å². The molecule has 240 valence electrons. The van der Waals surface area contributed by atoms with Crippen molar-refractivity contribution < 1.29 is 9.47 Å². The molecule has 0 spiro atoms. The van der Waals surface area contributed by atoms with Crippen molar-refractivity contribution in [1.29, 1.82) is 0 Å². The normalized spacial score (nSPS) is 11.8. The fraction of sp³-hybridized carbons (Fsp3) is 0. The van der Waals surface area contributed by atoms with Crippen LogP contribution in [0.2, 0.25) is 0 Å². The highest BCUT2D eigenvalue weighted by molar-refractivity contribution is 6.13. The quantitative estimate of drug-likeness (QED) is 0.173. The molecule has 9 aromatic carbocycles. The first-order valence-electron chi connectivity index (χ1n) is 17.3. The van der Waals surface area contributed by atoms with Crippen molar-refractivity contribution in [2.45, 2.75) is 0 Å². The van der Waals surface area contributed by atoms with Crippen molar-refractivity contribution >= 4 is 49.4 Å². The van der Waals surface area contributed by atoms with E-state index in [1.165, 1.54) is 32.7 Å². The molecule has 3 heteroatoms. The predicted octanol–water partition coefficient (Wildman–Crippen LogP) is 13.8. The molecule has 51 heavy (non-hydrogen) atoms.